The predicted molar refractivity (Wildman–Crippen MR) is 120 cm³/mol. The summed E-state index contributed by atoms with van der Waals surface area (Å²) < 4.78 is 91.6. The van der Waals surface area contributed by atoms with Crippen molar-refractivity contribution in [3.05, 3.63) is 65.2 Å². The van der Waals surface area contributed by atoms with Crippen molar-refractivity contribution in [2.75, 3.05) is 13.1 Å². The smallest absolute Gasteiger partial charge is 0.338 e. The number of carbonyl (C=O) groups is 1. The van der Waals surface area contributed by atoms with Crippen molar-refractivity contribution < 1.29 is 35.2 Å². The van der Waals surface area contributed by atoms with E-state index in [-0.39, 0.29) is 31.5 Å². The number of benzene rings is 2. The van der Waals surface area contributed by atoms with Crippen LogP contribution in [0.3, 0.4) is 0 Å². The van der Waals surface area contributed by atoms with Crippen LogP contribution in [0.1, 0.15) is 37.8 Å². The normalized spacial score (nSPS) is 15.8. The number of likely N-dealkylation sites (tertiary alicyclic amines) is 1. The molecule has 1 aliphatic rings. The number of carbonyl (C=O) groups excluding carboxylic acids is 1. The molecule has 190 valence electrons. The minimum Gasteiger partial charge on any atom is -0.338 e. The highest BCUT2D eigenvalue weighted by atomic mass is 32.2. The lowest BCUT2D eigenvalue weighted by Crippen LogP contribution is -2.49. The Morgan fingerprint density at radius 2 is 1.69 bits per heavy atom. The van der Waals surface area contributed by atoms with Crippen molar-refractivity contribution >= 4 is 21.5 Å². The summed E-state index contributed by atoms with van der Waals surface area (Å²) in [5.74, 6) is -2.54. The molecule has 3 rings (SSSR count). The second-order valence-electron chi connectivity index (χ2n) is 9.09. The molecule has 35 heavy (non-hydrogen) atoms. The van der Waals surface area contributed by atoms with Crippen LogP contribution in [0.4, 0.5) is 22.0 Å². The molecule has 2 aromatic carbocycles. The largest absolute Gasteiger partial charge is 0.416 e. The maximum atomic E-state index is 13.9. The number of amides is 1. The molecular formula is C24H25F5N2O3S. The molecular weight excluding hydrogens is 491 g/mol. The lowest BCUT2D eigenvalue weighted by atomic mass is 9.85. The fraction of sp³-hybridized carbons (Fsp3) is 0.417. The Balaban J connectivity index is 1.69. The van der Waals surface area contributed by atoms with Crippen LogP contribution in [0, 0.1) is 23.0 Å². The Morgan fingerprint density at radius 1 is 1.06 bits per heavy atom. The molecule has 0 aliphatic carbocycles. The van der Waals surface area contributed by atoms with E-state index in [0.29, 0.717) is 6.07 Å². The number of piperidine rings is 1. The molecule has 0 aromatic heterocycles. The van der Waals surface area contributed by atoms with Gasteiger partial charge in [0.15, 0.2) is 9.84 Å². The number of nitrogens with one attached hydrogen (secondary N) is 1. The number of alkyl halides is 3. The van der Waals surface area contributed by atoms with E-state index >= 15 is 0 Å². The fourth-order valence-electron chi connectivity index (χ4n) is 4.28. The van der Waals surface area contributed by atoms with Crippen molar-refractivity contribution in [2.45, 2.75) is 48.9 Å². The first-order chi connectivity index (χ1) is 16.1. The minimum atomic E-state index is -4.68. The molecule has 0 bridgehead atoms. The Labute approximate surface area is 200 Å². The zero-order valence-corrected chi connectivity index (χ0v) is 19.9. The van der Waals surface area contributed by atoms with E-state index in [4.69, 9.17) is 5.41 Å². The maximum absolute atomic E-state index is 13.9. The van der Waals surface area contributed by atoms with Crippen LogP contribution in [0.15, 0.2) is 47.4 Å². The van der Waals surface area contributed by atoms with Gasteiger partial charge in [0.25, 0.3) is 5.91 Å². The molecule has 0 saturated carbocycles. The zero-order valence-electron chi connectivity index (χ0n) is 19.1. The highest BCUT2D eigenvalue weighted by molar-refractivity contribution is 7.92. The Morgan fingerprint density at radius 3 is 2.29 bits per heavy atom. The second kappa shape index (κ2) is 9.67. The van der Waals surface area contributed by atoms with Gasteiger partial charge in [0.05, 0.1) is 15.2 Å². The van der Waals surface area contributed by atoms with Crippen LogP contribution in [-0.2, 0) is 27.2 Å². The Bertz CT molecular complexity index is 1230. The summed E-state index contributed by atoms with van der Waals surface area (Å²) in [5, 5.41) is 8.02. The van der Waals surface area contributed by atoms with Crippen molar-refractivity contribution in [1.29, 1.82) is 5.41 Å². The average molecular weight is 517 g/mol. The molecule has 1 N–H and O–H groups in total. The van der Waals surface area contributed by atoms with Crippen LogP contribution < -0.4 is 0 Å². The molecule has 1 aliphatic heterocycles. The van der Waals surface area contributed by atoms with Crippen LogP contribution in [0.25, 0.3) is 0 Å². The molecule has 1 fully saturated rings. The quantitative estimate of drug-likeness (QED) is 0.432. The summed E-state index contributed by atoms with van der Waals surface area (Å²) in [6, 6.07) is 6.40. The second-order valence-corrected chi connectivity index (χ2v) is 11.6. The maximum Gasteiger partial charge on any atom is 0.416 e. The molecule has 0 radical (unpaired) electrons. The Kier molecular flexibility index (Phi) is 7.40. The van der Waals surface area contributed by atoms with Gasteiger partial charge >= 0.3 is 6.18 Å². The van der Waals surface area contributed by atoms with Gasteiger partial charge in [0.1, 0.15) is 17.3 Å². The molecule has 0 unspecified atom stereocenters. The third kappa shape index (κ3) is 5.55. The van der Waals surface area contributed by atoms with Crippen LogP contribution in [0.5, 0.6) is 0 Å². The summed E-state index contributed by atoms with van der Waals surface area (Å²) >= 11 is 0. The average Bonchev–Trinajstić information content (AvgIpc) is 2.80. The molecule has 5 nitrogen and oxygen atoms in total. The lowest BCUT2D eigenvalue weighted by Gasteiger charge is -2.40. The van der Waals surface area contributed by atoms with E-state index in [1.165, 1.54) is 18.7 Å². The topological polar surface area (TPSA) is 78.3 Å². The minimum absolute atomic E-state index is 0.119. The number of rotatable bonds is 6. The van der Waals surface area contributed by atoms with Gasteiger partial charge in [-0.2, -0.15) is 13.2 Å². The van der Waals surface area contributed by atoms with Gasteiger partial charge in [-0.05, 0) is 74.6 Å². The van der Waals surface area contributed by atoms with E-state index in [2.05, 4.69) is 0 Å². The highest BCUT2D eigenvalue weighted by Gasteiger charge is 2.45. The monoisotopic (exact) mass is 516 g/mol. The SMILES string of the molecule is CC(C)(C1CCN(C(=O)C(=N)Cc2cc(F)ccc2F)CC1)S(=O)(=O)c1cccc(C(F)(F)F)c1. The lowest BCUT2D eigenvalue weighted by molar-refractivity contribution is -0.137. The number of hydrogen-bond donors (Lipinski definition) is 1. The molecule has 1 heterocycles. The van der Waals surface area contributed by atoms with Gasteiger partial charge in [-0.25, -0.2) is 17.2 Å². The van der Waals surface area contributed by atoms with Crippen molar-refractivity contribution in [3.63, 3.8) is 0 Å². The first-order valence-corrected chi connectivity index (χ1v) is 12.4. The van der Waals surface area contributed by atoms with Gasteiger partial charge in [0, 0.05) is 19.5 Å². The van der Waals surface area contributed by atoms with E-state index in [9.17, 15) is 35.2 Å². The first kappa shape index (κ1) is 26.8. The molecule has 1 saturated heterocycles. The standard InChI is InChI=1S/C24H25F5N2O3S/c1-23(2,35(33,34)19-5-3-4-17(14-19)24(27,28)29)16-8-10-31(11-9-16)22(32)21(30)13-15-12-18(25)6-7-20(15)26/h3-7,12,14,16,30H,8-11,13H2,1-2H3. The van der Waals surface area contributed by atoms with E-state index in [1.807, 2.05) is 0 Å². The Hall–Kier alpha value is -2.82. The van der Waals surface area contributed by atoms with Crippen molar-refractivity contribution in [1.82, 2.24) is 4.90 Å². The van der Waals surface area contributed by atoms with Crippen LogP contribution in [0.2, 0.25) is 0 Å². The van der Waals surface area contributed by atoms with Crippen molar-refractivity contribution in [2.24, 2.45) is 5.92 Å². The number of halogens is 5. The molecule has 1 amide bonds. The van der Waals surface area contributed by atoms with E-state index < -0.39 is 66.8 Å². The third-order valence-corrected chi connectivity index (χ3v) is 9.16. The zero-order chi connectivity index (χ0) is 26.2. The molecule has 0 spiro atoms. The molecule has 11 heteroatoms. The number of hydrogen-bond acceptors (Lipinski definition) is 4. The molecule has 2 aromatic rings. The summed E-state index contributed by atoms with van der Waals surface area (Å²) in [4.78, 5) is 13.6. The first-order valence-electron chi connectivity index (χ1n) is 10.9. The highest BCUT2D eigenvalue weighted by Crippen LogP contribution is 2.39. The summed E-state index contributed by atoms with van der Waals surface area (Å²) in [5.41, 5.74) is -1.60. The van der Waals surface area contributed by atoms with Crippen molar-refractivity contribution in [3.8, 4) is 0 Å². The molecule has 0 atom stereocenters. The van der Waals surface area contributed by atoms with Gasteiger partial charge in [0.2, 0.25) is 0 Å². The van der Waals surface area contributed by atoms with Gasteiger partial charge < -0.3 is 4.90 Å². The van der Waals surface area contributed by atoms with Gasteiger partial charge in [-0.15, -0.1) is 0 Å². The summed E-state index contributed by atoms with van der Waals surface area (Å²) in [6.07, 6.45) is -4.57. The van der Waals surface area contributed by atoms with Gasteiger partial charge in [-0.1, -0.05) is 6.07 Å². The van der Waals surface area contributed by atoms with Gasteiger partial charge in [-0.3, -0.25) is 10.2 Å². The summed E-state index contributed by atoms with van der Waals surface area (Å²) in [7, 11) is -4.15. The van der Waals surface area contributed by atoms with Crippen LogP contribution in [-0.4, -0.2) is 42.8 Å². The third-order valence-electron chi connectivity index (χ3n) is 6.56. The van der Waals surface area contributed by atoms with Crippen LogP contribution >= 0.6 is 0 Å². The summed E-state index contributed by atoms with van der Waals surface area (Å²) in [6.45, 7) is 3.16. The fourth-order valence-corrected chi connectivity index (χ4v) is 6.10. The number of sulfone groups is 1. The van der Waals surface area contributed by atoms with E-state index in [1.54, 1.807) is 0 Å². The number of nitrogens with zero attached hydrogens (tertiary/aromatic N) is 1. The van der Waals surface area contributed by atoms with E-state index in [0.717, 1.165) is 36.4 Å². The predicted octanol–water partition coefficient (Wildman–Crippen LogP) is 5.04.